The lowest BCUT2D eigenvalue weighted by molar-refractivity contribution is 0.144. The van der Waals surface area contributed by atoms with Gasteiger partial charge in [0.25, 0.3) is 0 Å². The number of hydrogen-bond donors (Lipinski definition) is 1. The van der Waals surface area contributed by atoms with Gasteiger partial charge in [-0.3, -0.25) is 4.90 Å². The normalized spacial score (nSPS) is 24.1. The second kappa shape index (κ2) is 6.98. The number of rotatable bonds is 2. The van der Waals surface area contributed by atoms with Gasteiger partial charge < -0.3 is 10.2 Å². The molecule has 1 aromatic rings. The van der Waals surface area contributed by atoms with Crippen molar-refractivity contribution in [1.82, 2.24) is 9.80 Å². The molecule has 132 valence electrons. The van der Waals surface area contributed by atoms with Crippen LogP contribution in [0.15, 0.2) is 18.2 Å². The summed E-state index contributed by atoms with van der Waals surface area (Å²) in [6.07, 6.45) is 0.772. The van der Waals surface area contributed by atoms with Crippen molar-refractivity contribution in [2.75, 3.05) is 43.0 Å². The molecule has 0 unspecified atom stereocenters. The Balaban J connectivity index is 1.52. The average Bonchev–Trinajstić information content (AvgIpc) is 2.91. The molecule has 2 aliphatic rings. The molecule has 0 saturated carbocycles. The van der Waals surface area contributed by atoms with E-state index in [0.29, 0.717) is 11.5 Å². The van der Waals surface area contributed by atoms with E-state index in [9.17, 15) is 8.42 Å². The molecule has 2 heterocycles. The van der Waals surface area contributed by atoms with E-state index in [1.807, 2.05) is 6.07 Å². The van der Waals surface area contributed by atoms with Crippen molar-refractivity contribution in [2.45, 2.75) is 26.3 Å². The Hall–Kier alpha value is -1.18. The number of nitrogens with one attached hydrogen (secondary N) is 1. The van der Waals surface area contributed by atoms with Crippen molar-refractivity contribution in [3.05, 3.63) is 29.3 Å². The third-order valence-electron chi connectivity index (χ3n) is 5.08. The number of benzene rings is 1. The first-order chi connectivity index (χ1) is 11.3. The van der Waals surface area contributed by atoms with Gasteiger partial charge in [0.15, 0.2) is 14.9 Å². The van der Waals surface area contributed by atoms with Crippen LogP contribution >= 0.6 is 12.2 Å². The topological polar surface area (TPSA) is 52.6 Å². The van der Waals surface area contributed by atoms with Crippen molar-refractivity contribution < 1.29 is 8.42 Å². The molecular weight excluding hydrogens is 342 g/mol. The summed E-state index contributed by atoms with van der Waals surface area (Å²) >= 11 is 5.54. The minimum Gasteiger partial charge on any atom is -0.346 e. The lowest BCUT2D eigenvalue weighted by atomic mass is 10.1. The number of hydrogen-bond acceptors (Lipinski definition) is 4. The number of piperazine rings is 1. The molecule has 2 fully saturated rings. The third-order valence-corrected chi connectivity index (χ3v) is 7.20. The Morgan fingerprint density at radius 2 is 1.88 bits per heavy atom. The van der Waals surface area contributed by atoms with E-state index in [1.54, 1.807) is 0 Å². The Morgan fingerprint density at radius 3 is 2.46 bits per heavy atom. The van der Waals surface area contributed by atoms with Crippen LogP contribution in [0, 0.1) is 13.8 Å². The van der Waals surface area contributed by atoms with E-state index in [0.717, 1.165) is 43.4 Å². The highest BCUT2D eigenvalue weighted by atomic mass is 32.2. The maximum absolute atomic E-state index is 11.6. The lowest BCUT2D eigenvalue weighted by Gasteiger charge is -2.38. The van der Waals surface area contributed by atoms with E-state index in [-0.39, 0.29) is 6.04 Å². The van der Waals surface area contributed by atoms with Crippen molar-refractivity contribution in [2.24, 2.45) is 0 Å². The highest BCUT2D eigenvalue weighted by Gasteiger charge is 2.33. The molecule has 0 aliphatic carbocycles. The molecule has 0 spiro atoms. The molecule has 2 saturated heterocycles. The summed E-state index contributed by atoms with van der Waals surface area (Å²) in [5.41, 5.74) is 3.54. The molecular formula is C17H25N3O2S2. The van der Waals surface area contributed by atoms with Crippen LogP contribution in [0.25, 0.3) is 0 Å². The quantitative estimate of drug-likeness (QED) is 0.805. The first-order valence-electron chi connectivity index (χ1n) is 8.42. The summed E-state index contributed by atoms with van der Waals surface area (Å²) in [7, 11) is -2.82. The monoisotopic (exact) mass is 367 g/mol. The van der Waals surface area contributed by atoms with Crippen LogP contribution in [-0.4, -0.2) is 67.1 Å². The zero-order chi connectivity index (χ0) is 17.3. The molecule has 3 rings (SSSR count). The number of anilines is 1. The van der Waals surface area contributed by atoms with Crippen LogP contribution in [0.4, 0.5) is 5.69 Å². The average molecular weight is 368 g/mol. The largest absolute Gasteiger partial charge is 0.346 e. The molecule has 1 N–H and O–H groups in total. The summed E-state index contributed by atoms with van der Waals surface area (Å²) in [6, 6.07) is 6.45. The Kier molecular flexibility index (Phi) is 5.13. The predicted molar refractivity (Wildman–Crippen MR) is 102 cm³/mol. The lowest BCUT2D eigenvalue weighted by Crippen LogP contribution is -2.53. The fourth-order valence-corrected chi connectivity index (χ4v) is 5.44. The highest BCUT2D eigenvalue weighted by molar-refractivity contribution is 7.91. The van der Waals surface area contributed by atoms with Gasteiger partial charge in [-0.25, -0.2) is 8.42 Å². The molecule has 0 aromatic heterocycles. The van der Waals surface area contributed by atoms with Crippen molar-refractivity contribution in [1.29, 1.82) is 0 Å². The second-order valence-corrected chi connectivity index (χ2v) is 9.42. The van der Waals surface area contributed by atoms with Crippen molar-refractivity contribution in [3.63, 3.8) is 0 Å². The van der Waals surface area contributed by atoms with Crippen LogP contribution in [0.5, 0.6) is 0 Å². The van der Waals surface area contributed by atoms with E-state index in [2.05, 4.69) is 41.1 Å². The highest BCUT2D eigenvalue weighted by Crippen LogP contribution is 2.20. The van der Waals surface area contributed by atoms with Crippen LogP contribution in [-0.2, 0) is 9.84 Å². The van der Waals surface area contributed by atoms with Crippen molar-refractivity contribution >= 4 is 32.9 Å². The molecule has 5 nitrogen and oxygen atoms in total. The van der Waals surface area contributed by atoms with E-state index >= 15 is 0 Å². The first kappa shape index (κ1) is 17.6. The summed E-state index contributed by atoms with van der Waals surface area (Å²) in [5, 5.41) is 4.07. The SMILES string of the molecule is Cc1ccc(NC(=S)N2CCN([C@@H]3CCS(=O)(=O)C3)CC2)cc1C. The van der Waals surface area contributed by atoms with Gasteiger partial charge in [0, 0.05) is 37.9 Å². The molecule has 0 radical (unpaired) electrons. The number of sulfone groups is 1. The van der Waals surface area contributed by atoms with Gasteiger partial charge in [0.2, 0.25) is 0 Å². The third kappa shape index (κ3) is 4.07. The van der Waals surface area contributed by atoms with Gasteiger partial charge >= 0.3 is 0 Å². The van der Waals surface area contributed by atoms with Gasteiger partial charge in [-0.1, -0.05) is 6.07 Å². The summed E-state index contributed by atoms with van der Waals surface area (Å²) in [6.45, 7) is 7.61. The van der Waals surface area contributed by atoms with Gasteiger partial charge in [0.1, 0.15) is 0 Å². The molecule has 0 bridgehead atoms. The smallest absolute Gasteiger partial charge is 0.173 e. The molecule has 7 heteroatoms. The zero-order valence-electron chi connectivity index (χ0n) is 14.3. The summed E-state index contributed by atoms with van der Waals surface area (Å²) in [5.74, 6) is 0.656. The number of nitrogens with zero attached hydrogens (tertiary/aromatic N) is 2. The molecule has 1 atom stereocenters. The summed E-state index contributed by atoms with van der Waals surface area (Å²) < 4.78 is 23.3. The zero-order valence-corrected chi connectivity index (χ0v) is 15.9. The molecule has 24 heavy (non-hydrogen) atoms. The van der Waals surface area contributed by atoms with Crippen LogP contribution in [0.2, 0.25) is 0 Å². The molecule has 2 aliphatic heterocycles. The number of thiocarbonyl (C=S) groups is 1. The number of aryl methyl sites for hydroxylation is 2. The fraction of sp³-hybridized carbons (Fsp3) is 0.588. The second-order valence-electron chi connectivity index (χ2n) is 6.81. The minimum atomic E-state index is -2.82. The van der Waals surface area contributed by atoms with Crippen LogP contribution < -0.4 is 5.32 Å². The Morgan fingerprint density at radius 1 is 1.17 bits per heavy atom. The Bertz CT molecular complexity index is 725. The van der Waals surface area contributed by atoms with Crippen LogP contribution in [0.3, 0.4) is 0 Å². The van der Waals surface area contributed by atoms with Gasteiger partial charge in [0.05, 0.1) is 11.5 Å². The Labute approximate surface area is 149 Å². The fourth-order valence-electron chi connectivity index (χ4n) is 3.38. The minimum absolute atomic E-state index is 0.193. The maximum Gasteiger partial charge on any atom is 0.173 e. The predicted octanol–water partition coefficient (Wildman–Crippen LogP) is 1.80. The van der Waals surface area contributed by atoms with Crippen LogP contribution in [0.1, 0.15) is 17.5 Å². The first-order valence-corrected chi connectivity index (χ1v) is 10.6. The van der Waals surface area contributed by atoms with E-state index in [4.69, 9.17) is 12.2 Å². The van der Waals surface area contributed by atoms with Gasteiger partial charge in [-0.05, 0) is 55.7 Å². The maximum atomic E-state index is 11.6. The molecule has 0 amide bonds. The van der Waals surface area contributed by atoms with Crippen molar-refractivity contribution in [3.8, 4) is 0 Å². The van der Waals surface area contributed by atoms with Gasteiger partial charge in [-0.15, -0.1) is 0 Å². The van der Waals surface area contributed by atoms with Gasteiger partial charge in [-0.2, -0.15) is 0 Å². The van der Waals surface area contributed by atoms with E-state index < -0.39 is 9.84 Å². The molecule has 1 aromatic carbocycles. The standard InChI is InChI=1S/C17H25N3O2S2/c1-13-3-4-15(11-14(13)2)18-17(23)20-8-6-19(7-9-20)16-5-10-24(21,22)12-16/h3-4,11,16H,5-10,12H2,1-2H3,(H,18,23)/t16-/m1/s1. The summed E-state index contributed by atoms with van der Waals surface area (Å²) in [4.78, 5) is 4.48. The van der Waals surface area contributed by atoms with E-state index in [1.165, 1.54) is 11.1 Å².